The first kappa shape index (κ1) is 16.8. The summed E-state index contributed by atoms with van der Waals surface area (Å²) in [4.78, 5) is 13.3. The van der Waals surface area contributed by atoms with Crippen molar-refractivity contribution in [1.82, 2.24) is 25.1 Å². The second-order valence-electron chi connectivity index (χ2n) is 7.65. The quantitative estimate of drug-likeness (QED) is 0.858. The van der Waals surface area contributed by atoms with Gasteiger partial charge in [0.1, 0.15) is 0 Å². The molecule has 3 heterocycles. The standard InChI is InChI=1S/C18H26N6/c1-13-8-20-14(9-19-13)10-23(5)15-11-24(12-15)17-7-6-16(21-22-17)18(2,3)4/h6-9,15H,10-12H2,1-5H3. The molecule has 128 valence electrons. The SMILES string of the molecule is Cc1cnc(CN(C)C2CN(c3ccc(C(C)(C)C)nn3)C2)cn1. The van der Waals surface area contributed by atoms with Crippen LogP contribution < -0.4 is 4.90 Å². The molecule has 0 bridgehead atoms. The van der Waals surface area contributed by atoms with Crippen LogP contribution in [0.4, 0.5) is 5.82 Å². The summed E-state index contributed by atoms with van der Waals surface area (Å²) in [6, 6.07) is 4.67. The fraction of sp³-hybridized carbons (Fsp3) is 0.556. The third-order valence-electron chi connectivity index (χ3n) is 4.47. The molecular weight excluding hydrogens is 300 g/mol. The molecule has 0 radical (unpaired) electrons. The molecule has 0 saturated carbocycles. The number of aryl methyl sites for hydroxylation is 1. The lowest BCUT2D eigenvalue weighted by Crippen LogP contribution is -2.58. The van der Waals surface area contributed by atoms with Crippen LogP contribution in [-0.2, 0) is 12.0 Å². The molecule has 0 aromatic carbocycles. The van der Waals surface area contributed by atoms with Gasteiger partial charge in [-0.2, -0.15) is 5.10 Å². The Labute approximate surface area is 143 Å². The Bertz CT molecular complexity index is 668. The Morgan fingerprint density at radius 2 is 1.88 bits per heavy atom. The smallest absolute Gasteiger partial charge is 0.151 e. The molecule has 1 aliphatic heterocycles. The van der Waals surface area contributed by atoms with Crippen molar-refractivity contribution in [2.24, 2.45) is 0 Å². The van der Waals surface area contributed by atoms with E-state index >= 15 is 0 Å². The number of nitrogens with zero attached hydrogens (tertiary/aromatic N) is 6. The summed E-state index contributed by atoms with van der Waals surface area (Å²) in [5.74, 6) is 0.961. The fourth-order valence-electron chi connectivity index (χ4n) is 2.70. The predicted molar refractivity (Wildman–Crippen MR) is 95.0 cm³/mol. The number of aromatic nitrogens is 4. The van der Waals surface area contributed by atoms with Crippen molar-refractivity contribution in [3.63, 3.8) is 0 Å². The minimum absolute atomic E-state index is 0.0400. The molecule has 0 N–H and O–H groups in total. The third kappa shape index (κ3) is 3.70. The molecule has 0 aliphatic carbocycles. The molecule has 0 unspecified atom stereocenters. The van der Waals surface area contributed by atoms with Gasteiger partial charge in [-0.15, -0.1) is 5.10 Å². The molecule has 2 aromatic heterocycles. The third-order valence-corrected chi connectivity index (χ3v) is 4.47. The van der Waals surface area contributed by atoms with Crippen LogP contribution in [0.5, 0.6) is 0 Å². The second kappa shape index (κ2) is 6.43. The summed E-state index contributed by atoms with van der Waals surface area (Å²) in [5, 5.41) is 8.76. The topological polar surface area (TPSA) is 58.0 Å². The zero-order valence-corrected chi connectivity index (χ0v) is 15.2. The monoisotopic (exact) mass is 326 g/mol. The number of anilines is 1. The van der Waals surface area contributed by atoms with E-state index in [-0.39, 0.29) is 5.41 Å². The summed E-state index contributed by atoms with van der Waals surface area (Å²) >= 11 is 0. The first-order chi connectivity index (χ1) is 11.3. The van der Waals surface area contributed by atoms with Crippen LogP contribution in [0.2, 0.25) is 0 Å². The van der Waals surface area contributed by atoms with Crippen molar-refractivity contribution in [2.45, 2.75) is 45.7 Å². The first-order valence-electron chi connectivity index (χ1n) is 8.40. The van der Waals surface area contributed by atoms with E-state index in [2.05, 4.69) is 69.9 Å². The molecule has 0 atom stereocenters. The van der Waals surface area contributed by atoms with Crippen molar-refractivity contribution in [3.05, 3.63) is 41.6 Å². The van der Waals surface area contributed by atoms with Crippen molar-refractivity contribution >= 4 is 5.82 Å². The van der Waals surface area contributed by atoms with Crippen molar-refractivity contribution < 1.29 is 0 Å². The van der Waals surface area contributed by atoms with E-state index in [0.29, 0.717) is 6.04 Å². The van der Waals surface area contributed by atoms with Gasteiger partial charge in [0.15, 0.2) is 5.82 Å². The Hall–Kier alpha value is -2.08. The van der Waals surface area contributed by atoms with Crippen LogP contribution in [-0.4, -0.2) is 51.2 Å². The highest BCUT2D eigenvalue weighted by molar-refractivity contribution is 5.42. The van der Waals surface area contributed by atoms with Crippen molar-refractivity contribution in [3.8, 4) is 0 Å². The molecule has 1 saturated heterocycles. The van der Waals surface area contributed by atoms with Gasteiger partial charge in [-0.3, -0.25) is 14.9 Å². The molecule has 1 aliphatic rings. The lowest BCUT2D eigenvalue weighted by atomic mass is 9.92. The Morgan fingerprint density at radius 3 is 2.42 bits per heavy atom. The van der Waals surface area contributed by atoms with E-state index in [4.69, 9.17) is 0 Å². The van der Waals surface area contributed by atoms with E-state index in [1.807, 2.05) is 19.3 Å². The molecule has 0 amide bonds. The van der Waals surface area contributed by atoms with Gasteiger partial charge in [-0.05, 0) is 26.1 Å². The van der Waals surface area contributed by atoms with E-state index < -0.39 is 0 Å². The predicted octanol–water partition coefficient (Wildman–Crippen LogP) is 2.19. The van der Waals surface area contributed by atoms with Gasteiger partial charge < -0.3 is 4.90 Å². The highest BCUT2D eigenvalue weighted by Crippen LogP contribution is 2.24. The van der Waals surface area contributed by atoms with Gasteiger partial charge >= 0.3 is 0 Å². The Morgan fingerprint density at radius 1 is 1.12 bits per heavy atom. The maximum atomic E-state index is 4.43. The second-order valence-corrected chi connectivity index (χ2v) is 7.65. The molecule has 24 heavy (non-hydrogen) atoms. The number of hydrogen-bond acceptors (Lipinski definition) is 6. The van der Waals surface area contributed by atoms with Gasteiger partial charge in [0.25, 0.3) is 0 Å². The zero-order chi connectivity index (χ0) is 17.3. The Kier molecular flexibility index (Phi) is 4.49. The van der Waals surface area contributed by atoms with Crippen LogP contribution in [0.3, 0.4) is 0 Å². The number of likely N-dealkylation sites (N-methyl/N-ethyl adjacent to an activating group) is 1. The van der Waals surface area contributed by atoms with Crippen LogP contribution in [0.15, 0.2) is 24.5 Å². The van der Waals surface area contributed by atoms with E-state index in [0.717, 1.165) is 42.5 Å². The van der Waals surface area contributed by atoms with Crippen LogP contribution in [0, 0.1) is 6.92 Å². The van der Waals surface area contributed by atoms with Gasteiger partial charge in [0, 0.05) is 43.5 Å². The number of rotatable bonds is 4. The average molecular weight is 326 g/mol. The maximum absolute atomic E-state index is 4.43. The highest BCUT2D eigenvalue weighted by Gasteiger charge is 2.31. The van der Waals surface area contributed by atoms with Crippen molar-refractivity contribution in [2.75, 3.05) is 25.0 Å². The molecule has 2 aromatic rings. The van der Waals surface area contributed by atoms with Crippen LogP contribution in [0.1, 0.15) is 37.9 Å². The molecule has 1 fully saturated rings. The summed E-state index contributed by atoms with van der Waals surface area (Å²) < 4.78 is 0. The molecule has 6 heteroatoms. The summed E-state index contributed by atoms with van der Waals surface area (Å²) in [6.45, 7) is 11.2. The minimum atomic E-state index is 0.0400. The van der Waals surface area contributed by atoms with Gasteiger partial charge in [-0.1, -0.05) is 20.8 Å². The lowest BCUT2D eigenvalue weighted by molar-refractivity contribution is 0.194. The largest absolute Gasteiger partial charge is 0.352 e. The molecular formula is C18H26N6. The van der Waals surface area contributed by atoms with Crippen LogP contribution >= 0.6 is 0 Å². The van der Waals surface area contributed by atoms with Gasteiger partial charge in [0.05, 0.1) is 17.1 Å². The maximum Gasteiger partial charge on any atom is 0.151 e. The molecule has 6 nitrogen and oxygen atoms in total. The molecule has 3 rings (SSSR count). The number of hydrogen-bond donors (Lipinski definition) is 0. The minimum Gasteiger partial charge on any atom is -0.352 e. The lowest BCUT2D eigenvalue weighted by Gasteiger charge is -2.44. The normalized spacial score (nSPS) is 15.7. The van der Waals surface area contributed by atoms with Crippen molar-refractivity contribution in [1.29, 1.82) is 0 Å². The first-order valence-corrected chi connectivity index (χ1v) is 8.40. The highest BCUT2D eigenvalue weighted by atomic mass is 15.4. The Balaban J connectivity index is 1.54. The van der Waals surface area contributed by atoms with E-state index in [1.54, 1.807) is 0 Å². The summed E-state index contributed by atoms with van der Waals surface area (Å²) in [6.07, 6.45) is 3.68. The summed E-state index contributed by atoms with van der Waals surface area (Å²) in [7, 11) is 2.14. The van der Waals surface area contributed by atoms with E-state index in [9.17, 15) is 0 Å². The summed E-state index contributed by atoms with van der Waals surface area (Å²) in [5.41, 5.74) is 3.03. The molecule has 0 spiro atoms. The fourth-order valence-corrected chi connectivity index (χ4v) is 2.70. The average Bonchev–Trinajstić information content (AvgIpc) is 2.48. The van der Waals surface area contributed by atoms with E-state index in [1.165, 1.54) is 0 Å². The zero-order valence-electron chi connectivity index (χ0n) is 15.2. The van der Waals surface area contributed by atoms with Gasteiger partial charge in [0.2, 0.25) is 0 Å². The van der Waals surface area contributed by atoms with Crippen LogP contribution in [0.25, 0.3) is 0 Å². The van der Waals surface area contributed by atoms with Gasteiger partial charge in [-0.25, -0.2) is 0 Å².